The third kappa shape index (κ3) is 7.43. The second-order valence-corrected chi connectivity index (χ2v) is 7.24. The molecule has 2 aliphatic heterocycles. The summed E-state index contributed by atoms with van der Waals surface area (Å²) in [4.78, 5) is 5.02. The average Bonchev–Trinajstić information content (AvgIpc) is 2.55. The first-order valence-corrected chi connectivity index (χ1v) is 9.63. The Morgan fingerprint density at radius 3 is 2.09 bits per heavy atom. The third-order valence-corrected chi connectivity index (χ3v) is 5.32. The first kappa shape index (κ1) is 19.9. The predicted molar refractivity (Wildman–Crippen MR) is 96.4 cm³/mol. The van der Waals surface area contributed by atoms with Gasteiger partial charge in [-0.15, -0.1) is 0 Å². The highest BCUT2D eigenvalue weighted by Gasteiger charge is 2.21. The van der Waals surface area contributed by atoms with Crippen molar-refractivity contribution in [3.8, 4) is 0 Å². The highest BCUT2D eigenvalue weighted by molar-refractivity contribution is 4.74. The molecule has 2 aliphatic rings. The monoisotopic (exact) mass is 312 g/mol. The molecule has 0 atom stereocenters. The maximum atomic E-state index is 5.93. The molecule has 0 aromatic rings. The number of rotatable bonds is 6. The van der Waals surface area contributed by atoms with Gasteiger partial charge in [-0.2, -0.15) is 0 Å². The molecule has 0 aromatic carbocycles. The van der Waals surface area contributed by atoms with Crippen LogP contribution in [0.4, 0.5) is 0 Å². The van der Waals surface area contributed by atoms with E-state index in [9.17, 15) is 0 Å². The van der Waals surface area contributed by atoms with Crippen molar-refractivity contribution in [1.29, 1.82) is 0 Å². The summed E-state index contributed by atoms with van der Waals surface area (Å²) in [6.45, 7) is 16.8. The van der Waals surface area contributed by atoms with Crippen molar-refractivity contribution in [3.05, 3.63) is 0 Å². The summed E-state index contributed by atoms with van der Waals surface area (Å²) in [7, 11) is 2.22. The molecule has 2 saturated heterocycles. The van der Waals surface area contributed by atoms with E-state index < -0.39 is 0 Å². The van der Waals surface area contributed by atoms with Crippen LogP contribution in [0.2, 0.25) is 0 Å². The van der Waals surface area contributed by atoms with Gasteiger partial charge in [-0.25, -0.2) is 0 Å². The van der Waals surface area contributed by atoms with E-state index in [1.165, 1.54) is 51.9 Å². The second-order valence-electron chi connectivity index (χ2n) is 7.24. The molecule has 0 N–H and O–H groups in total. The van der Waals surface area contributed by atoms with Crippen molar-refractivity contribution >= 4 is 0 Å². The minimum Gasteiger partial charge on any atom is -0.380 e. The summed E-state index contributed by atoms with van der Waals surface area (Å²) in [6.07, 6.45) is 5.39. The topological polar surface area (TPSA) is 15.7 Å². The van der Waals surface area contributed by atoms with E-state index in [4.69, 9.17) is 4.74 Å². The van der Waals surface area contributed by atoms with Crippen LogP contribution in [0.25, 0.3) is 0 Å². The highest BCUT2D eigenvalue weighted by Crippen LogP contribution is 2.24. The van der Waals surface area contributed by atoms with Crippen LogP contribution >= 0.6 is 0 Å². The third-order valence-electron chi connectivity index (χ3n) is 5.32. The standard InChI is InChI=1S/C17H34N2O.C2H6/c1-15(2)17-6-10-19(11-7-17)12-13-20-14-16-4-8-18(3)9-5-16;1-2/h15-17H,4-14H2,1-3H3;1-2H3. The van der Waals surface area contributed by atoms with Gasteiger partial charge in [0.05, 0.1) is 6.61 Å². The quantitative estimate of drug-likeness (QED) is 0.695. The zero-order chi connectivity index (χ0) is 16.4. The van der Waals surface area contributed by atoms with Crippen LogP contribution in [0.15, 0.2) is 0 Å². The van der Waals surface area contributed by atoms with Gasteiger partial charge >= 0.3 is 0 Å². The van der Waals surface area contributed by atoms with Crippen LogP contribution in [-0.2, 0) is 4.74 Å². The molecule has 22 heavy (non-hydrogen) atoms. The van der Waals surface area contributed by atoms with Crippen LogP contribution in [0, 0.1) is 17.8 Å². The second kappa shape index (κ2) is 11.4. The molecule has 3 heteroatoms. The Morgan fingerprint density at radius 2 is 1.55 bits per heavy atom. The molecular formula is C19H40N2O. The molecule has 2 fully saturated rings. The summed E-state index contributed by atoms with van der Waals surface area (Å²) in [5, 5.41) is 0. The Kier molecular flexibility index (Phi) is 10.3. The lowest BCUT2D eigenvalue weighted by Gasteiger charge is -2.34. The minimum absolute atomic E-state index is 0.804. The van der Waals surface area contributed by atoms with Gasteiger partial charge in [-0.1, -0.05) is 27.7 Å². The molecule has 0 amide bonds. The molecule has 0 bridgehead atoms. The summed E-state index contributed by atoms with van der Waals surface area (Å²) in [6, 6.07) is 0. The van der Waals surface area contributed by atoms with Crippen LogP contribution < -0.4 is 0 Å². The SMILES string of the molecule is CC.CC(C)C1CCN(CCOCC2CCN(C)CC2)CC1. The van der Waals surface area contributed by atoms with E-state index >= 15 is 0 Å². The average molecular weight is 313 g/mol. The fourth-order valence-electron chi connectivity index (χ4n) is 3.52. The molecular weight excluding hydrogens is 272 g/mol. The first-order chi connectivity index (χ1) is 10.6. The summed E-state index contributed by atoms with van der Waals surface area (Å²) in [5.74, 6) is 2.61. The Bertz CT molecular complexity index is 254. The van der Waals surface area contributed by atoms with Gasteiger partial charge < -0.3 is 14.5 Å². The zero-order valence-corrected chi connectivity index (χ0v) is 15.8. The molecule has 0 spiro atoms. The summed E-state index contributed by atoms with van der Waals surface area (Å²) >= 11 is 0. The normalized spacial score (nSPS) is 22.6. The number of likely N-dealkylation sites (tertiary alicyclic amines) is 2. The number of hydrogen-bond donors (Lipinski definition) is 0. The number of piperidine rings is 2. The van der Waals surface area contributed by atoms with Gasteiger partial charge in [0.15, 0.2) is 0 Å². The Hall–Kier alpha value is -0.120. The van der Waals surface area contributed by atoms with Crippen LogP contribution in [-0.4, -0.2) is 62.8 Å². The smallest absolute Gasteiger partial charge is 0.0593 e. The summed E-state index contributed by atoms with van der Waals surface area (Å²) < 4.78 is 5.93. The van der Waals surface area contributed by atoms with Crippen molar-refractivity contribution in [2.24, 2.45) is 17.8 Å². The molecule has 0 radical (unpaired) electrons. The molecule has 2 heterocycles. The Morgan fingerprint density at radius 1 is 0.955 bits per heavy atom. The van der Waals surface area contributed by atoms with Gasteiger partial charge in [-0.05, 0) is 76.7 Å². The van der Waals surface area contributed by atoms with Crippen molar-refractivity contribution in [2.75, 3.05) is 53.0 Å². The van der Waals surface area contributed by atoms with E-state index in [2.05, 4.69) is 30.7 Å². The lowest BCUT2D eigenvalue weighted by molar-refractivity contribution is 0.0485. The van der Waals surface area contributed by atoms with E-state index in [1.807, 2.05) is 13.8 Å². The van der Waals surface area contributed by atoms with E-state index in [0.29, 0.717) is 0 Å². The Labute approximate surface area is 139 Å². The van der Waals surface area contributed by atoms with Gasteiger partial charge in [0.2, 0.25) is 0 Å². The van der Waals surface area contributed by atoms with Crippen LogP contribution in [0.1, 0.15) is 53.4 Å². The summed E-state index contributed by atoms with van der Waals surface area (Å²) in [5.41, 5.74) is 0. The molecule has 0 aliphatic carbocycles. The maximum absolute atomic E-state index is 5.93. The zero-order valence-electron chi connectivity index (χ0n) is 15.8. The largest absolute Gasteiger partial charge is 0.380 e. The molecule has 132 valence electrons. The van der Waals surface area contributed by atoms with Crippen molar-refractivity contribution in [3.63, 3.8) is 0 Å². The van der Waals surface area contributed by atoms with Gasteiger partial charge in [-0.3, -0.25) is 0 Å². The highest BCUT2D eigenvalue weighted by atomic mass is 16.5. The molecule has 0 unspecified atom stereocenters. The number of hydrogen-bond acceptors (Lipinski definition) is 3. The van der Waals surface area contributed by atoms with E-state index in [1.54, 1.807) is 0 Å². The predicted octanol–water partition coefficient (Wildman–Crippen LogP) is 3.74. The van der Waals surface area contributed by atoms with E-state index in [-0.39, 0.29) is 0 Å². The molecule has 3 nitrogen and oxygen atoms in total. The fourth-order valence-corrected chi connectivity index (χ4v) is 3.52. The van der Waals surface area contributed by atoms with Gasteiger partial charge in [0.25, 0.3) is 0 Å². The first-order valence-electron chi connectivity index (χ1n) is 9.63. The van der Waals surface area contributed by atoms with Crippen LogP contribution in [0.5, 0.6) is 0 Å². The number of nitrogens with zero attached hydrogens (tertiary/aromatic N) is 2. The van der Waals surface area contributed by atoms with Crippen molar-refractivity contribution in [2.45, 2.75) is 53.4 Å². The van der Waals surface area contributed by atoms with Gasteiger partial charge in [0, 0.05) is 13.2 Å². The van der Waals surface area contributed by atoms with Crippen molar-refractivity contribution in [1.82, 2.24) is 9.80 Å². The Balaban J connectivity index is 0.00000116. The lowest BCUT2D eigenvalue weighted by atomic mass is 9.87. The maximum Gasteiger partial charge on any atom is 0.0593 e. The molecule has 0 aromatic heterocycles. The number of ether oxygens (including phenoxy) is 1. The van der Waals surface area contributed by atoms with Crippen molar-refractivity contribution < 1.29 is 4.74 Å². The molecule has 0 saturated carbocycles. The minimum atomic E-state index is 0.804. The van der Waals surface area contributed by atoms with E-state index in [0.717, 1.165) is 37.5 Å². The fraction of sp³-hybridized carbons (Fsp3) is 1.00. The lowest BCUT2D eigenvalue weighted by Crippen LogP contribution is -2.37. The van der Waals surface area contributed by atoms with Gasteiger partial charge in [0.1, 0.15) is 0 Å². The molecule has 2 rings (SSSR count). The van der Waals surface area contributed by atoms with Crippen LogP contribution in [0.3, 0.4) is 0 Å².